The maximum absolute atomic E-state index is 12.0. The molecule has 5 nitrogen and oxygen atoms in total. The lowest BCUT2D eigenvalue weighted by Gasteiger charge is -2.28. The number of methoxy groups -OCH3 is 1. The van der Waals surface area contributed by atoms with Crippen LogP contribution < -0.4 is 5.32 Å². The van der Waals surface area contributed by atoms with Crippen LogP contribution in [0, 0.1) is 0 Å². The van der Waals surface area contributed by atoms with Crippen LogP contribution in [-0.4, -0.2) is 36.2 Å². The number of hydrogen-bond donors (Lipinski definition) is 2. The first kappa shape index (κ1) is 18.7. The van der Waals surface area contributed by atoms with Gasteiger partial charge in [0.05, 0.1) is 28.6 Å². The molecule has 1 rings (SSSR count). The first-order valence-corrected chi connectivity index (χ1v) is 7.47. The van der Waals surface area contributed by atoms with Crippen molar-refractivity contribution in [1.82, 2.24) is 5.32 Å². The molecule has 0 radical (unpaired) electrons. The molecule has 0 bridgehead atoms. The Morgan fingerprint density at radius 3 is 2.55 bits per heavy atom. The standard InChI is InChI=1S/C15H19Cl2NO4/c1-15(9-22-2,8-14(20)21)18-13(19)6-4-10-3-5-11(16)12(17)7-10/h3,5,7H,4,6,8-9H2,1-2H3,(H,18,19)(H,20,21). The number of amides is 1. The van der Waals surface area contributed by atoms with E-state index in [0.29, 0.717) is 16.5 Å². The maximum atomic E-state index is 12.0. The highest BCUT2D eigenvalue weighted by Crippen LogP contribution is 2.23. The lowest BCUT2D eigenvalue weighted by molar-refractivity contribution is -0.139. The number of aryl methyl sites for hydroxylation is 1. The van der Waals surface area contributed by atoms with Gasteiger partial charge in [-0.3, -0.25) is 9.59 Å². The average molecular weight is 348 g/mol. The fraction of sp³-hybridized carbons (Fsp3) is 0.467. The van der Waals surface area contributed by atoms with Crippen molar-refractivity contribution in [1.29, 1.82) is 0 Å². The zero-order valence-corrected chi connectivity index (χ0v) is 14.0. The number of rotatable bonds is 8. The Labute approximate surface area is 139 Å². The van der Waals surface area contributed by atoms with E-state index in [4.69, 9.17) is 33.0 Å². The van der Waals surface area contributed by atoms with Crippen LogP contribution in [0.25, 0.3) is 0 Å². The van der Waals surface area contributed by atoms with Crippen molar-refractivity contribution in [3.05, 3.63) is 33.8 Å². The van der Waals surface area contributed by atoms with Crippen molar-refractivity contribution in [2.24, 2.45) is 0 Å². The summed E-state index contributed by atoms with van der Waals surface area (Å²) in [6.45, 7) is 1.76. The van der Waals surface area contributed by atoms with Gasteiger partial charge in [-0.15, -0.1) is 0 Å². The van der Waals surface area contributed by atoms with Gasteiger partial charge in [0.15, 0.2) is 0 Å². The normalized spacial score (nSPS) is 13.5. The van der Waals surface area contributed by atoms with Crippen molar-refractivity contribution in [3.8, 4) is 0 Å². The SMILES string of the molecule is COCC(C)(CC(=O)O)NC(=O)CCc1ccc(Cl)c(Cl)c1. The van der Waals surface area contributed by atoms with E-state index in [1.165, 1.54) is 7.11 Å². The Balaban J connectivity index is 2.59. The molecule has 7 heteroatoms. The van der Waals surface area contributed by atoms with Gasteiger partial charge in [0, 0.05) is 13.5 Å². The van der Waals surface area contributed by atoms with Gasteiger partial charge < -0.3 is 15.2 Å². The molecule has 0 fully saturated rings. The maximum Gasteiger partial charge on any atom is 0.305 e. The van der Waals surface area contributed by atoms with Crippen molar-refractivity contribution in [2.75, 3.05) is 13.7 Å². The third kappa shape index (κ3) is 6.22. The number of carbonyl (C=O) groups excluding carboxylic acids is 1. The van der Waals surface area contributed by atoms with E-state index >= 15 is 0 Å². The van der Waals surface area contributed by atoms with E-state index in [1.54, 1.807) is 25.1 Å². The van der Waals surface area contributed by atoms with Crippen molar-refractivity contribution in [2.45, 2.75) is 31.7 Å². The molecule has 1 atom stereocenters. The molecule has 22 heavy (non-hydrogen) atoms. The van der Waals surface area contributed by atoms with E-state index in [1.807, 2.05) is 0 Å². The Kier molecular flexibility index (Phi) is 7.13. The van der Waals surface area contributed by atoms with Crippen LogP contribution >= 0.6 is 23.2 Å². The predicted molar refractivity (Wildman–Crippen MR) is 85.5 cm³/mol. The van der Waals surface area contributed by atoms with Crippen molar-refractivity contribution in [3.63, 3.8) is 0 Å². The summed E-state index contributed by atoms with van der Waals surface area (Å²) in [5.74, 6) is -1.24. The lowest BCUT2D eigenvalue weighted by Crippen LogP contribution is -2.50. The van der Waals surface area contributed by atoms with Crippen LogP contribution in [0.3, 0.4) is 0 Å². The van der Waals surface area contributed by atoms with Crippen molar-refractivity contribution < 1.29 is 19.4 Å². The van der Waals surface area contributed by atoms with Crippen LogP contribution in [0.1, 0.15) is 25.3 Å². The predicted octanol–water partition coefficient (Wildman–Crippen LogP) is 2.92. The average Bonchev–Trinajstić information content (AvgIpc) is 2.39. The second-order valence-corrected chi connectivity index (χ2v) is 6.18. The van der Waals surface area contributed by atoms with Gasteiger partial charge in [0.2, 0.25) is 5.91 Å². The molecule has 0 aliphatic rings. The third-order valence-electron chi connectivity index (χ3n) is 3.07. The van der Waals surface area contributed by atoms with Crippen LogP contribution in [0.15, 0.2) is 18.2 Å². The van der Waals surface area contributed by atoms with Gasteiger partial charge in [-0.1, -0.05) is 29.3 Å². The Hall–Kier alpha value is -1.30. The zero-order valence-electron chi connectivity index (χ0n) is 12.5. The molecule has 0 saturated heterocycles. The number of benzene rings is 1. The number of halogens is 2. The minimum atomic E-state index is -0.996. The smallest absolute Gasteiger partial charge is 0.305 e. The minimum absolute atomic E-state index is 0.123. The summed E-state index contributed by atoms with van der Waals surface area (Å²) < 4.78 is 4.99. The molecule has 1 unspecified atom stereocenters. The molecular formula is C15H19Cl2NO4. The van der Waals surface area contributed by atoms with Crippen molar-refractivity contribution >= 4 is 35.1 Å². The molecular weight excluding hydrogens is 329 g/mol. The number of nitrogens with one attached hydrogen (secondary N) is 1. The largest absolute Gasteiger partial charge is 0.481 e. The van der Waals surface area contributed by atoms with E-state index < -0.39 is 11.5 Å². The second kappa shape index (κ2) is 8.36. The molecule has 0 aromatic heterocycles. The summed E-state index contributed by atoms with van der Waals surface area (Å²) in [4.78, 5) is 22.9. The third-order valence-corrected chi connectivity index (χ3v) is 3.81. The van der Waals surface area contributed by atoms with E-state index in [2.05, 4.69) is 5.32 Å². The van der Waals surface area contributed by atoms with Crippen LogP contribution in [0.5, 0.6) is 0 Å². The van der Waals surface area contributed by atoms with E-state index in [-0.39, 0.29) is 25.4 Å². The zero-order chi connectivity index (χ0) is 16.8. The van der Waals surface area contributed by atoms with Crippen LogP contribution in [0.2, 0.25) is 10.0 Å². The lowest BCUT2D eigenvalue weighted by atomic mass is 9.98. The summed E-state index contributed by atoms with van der Waals surface area (Å²) in [5.41, 5.74) is -0.0498. The highest BCUT2D eigenvalue weighted by Gasteiger charge is 2.29. The number of carboxylic acid groups (broad SMARTS) is 1. The molecule has 0 spiro atoms. The van der Waals surface area contributed by atoms with Gasteiger partial charge in [-0.25, -0.2) is 0 Å². The molecule has 122 valence electrons. The Morgan fingerprint density at radius 2 is 2.00 bits per heavy atom. The molecule has 1 amide bonds. The van der Waals surface area contributed by atoms with Gasteiger partial charge >= 0.3 is 5.97 Å². The fourth-order valence-corrected chi connectivity index (χ4v) is 2.46. The number of hydrogen-bond acceptors (Lipinski definition) is 3. The van der Waals surface area contributed by atoms with Crippen LogP contribution in [-0.2, 0) is 20.7 Å². The first-order chi connectivity index (χ1) is 10.3. The Bertz CT molecular complexity index is 550. The minimum Gasteiger partial charge on any atom is -0.481 e. The molecule has 0 saturated carbocycles. The molecule has 0 aliphatic carbocycles. The topological polar surface area (TPSA) is 75.6 Å². The fourth-order valence-electron chi connectivity index (χ4n) is 2.14. The Morgan fingerprint density at radius 1 is 1.32 bits per heavy atom. The van der Waals surface area contributed by atoms with E-state index in [9.17, 15) is 9.59 Å². The highest BCUT2D eigenvalue weighted by molar-refractivity contribution is 6.42. The first-order valence-electron chi connectivity index (χ1n) is 6.71. The highest BCUT2D eigenvalue weighted by atomic mass is 35.5. The molecule has 0 aliphatic heterocycles. The summed E-state index contributed by atoms with van der Waals surface area (Å²) in [5, 5.41) is 12.5. The monoisotopic (exact) mass is 347 g/mol. The van der Waals surface area contributed by atoms with Crippen LogP contribution in [0.4, 0.5) is 0 Å². The number of aliphatic carboxylic acids is 1. The second-order valence-electron chi connectivity index (χ2n) is 5.36. The number of carbonyl (C=O) groups is 2. The van der Waals surface area contributed by atoms with Gasteiger partial charge in [-0.2, -0.15) is 0 Å². The summed E-state index contributed by atoms with van der Waals surface area (Å²) in [6.07, 6.45) is 0.495. The summed E-state index contributed by atoms with van der Waals surface area (Å²) in [6, 6.07) is 5.19. The van der Waals surface area contributed by atoms with Gasteiger partial charge in [-0.05, 0) is 31.0 Å². The quantitative estimate of drug-likeness (QED) is 0.757. The van der Waals surface area contributed by atoms with Gasteiger partial charge in [0.1, 0.15) is 0 Å². The van der Waals surface area contributed by atoms with E-state index in [0.717, 1.165) is 5.56 Å². The molecule has 1 aromatic rings. The summed E-state index contributed by atoms with van der Waals surface area (Å²) >= 11 is 11.8. The molecule has 2 N–H and O–H groups in total. The van der Waals surface area contributed by atoms with Gasteiger partial charge in [0.25, 0.3) is 0 Å². The molecule has 1 aromatic carbocycles. The molecule has 0 heterocycles. The number of carboxylic acids is 1. The number of ether oxygens (including phenoxy) is 1. The summed E-state index contributed by atoms with van der Waals surface area (Å²) in [7, 11) is 1.46.